The highest BCUT2D eigenvalue weighted by Gasteiger charge is 2.17. The van der Waals surface area contributed by atoms with Crippen LogP contribution in [0.5, 0.6) is 0 Å². The smallest absolute Gasteiger partial charge is 0.255 e. The SMILES string of the molecule is CCN(CC)CCn1ccc2cc(NC(=O)c3ccc(S(=O)(=O)N(C)C)cc3)ccc21. The van der Waals surface area contributed by atoms with Gasteiger partial charge in [-0.25, -0.2) is 12.7 Å². The lowest BCUT2D eigenvalue weighted by Gasteiger charge is -2.18. The number of amides is 1. The Morgan fingerprint density at radius 1 is 1.00 bits per heavy atom. The molecule has 0 saturated heterocycles. The third-order valence-corrected chi connectivity index (χ3v) is 7.30. The average Bonchev–Trinajstić information content (AvgIpc) is 3.16. The zero-order valence-electron chi connectivity index (χ0n) is 18.5. The van der Waals surface area contributed by atoms with Crippen molar-refractivity contribution < 1.29 is 13.2 Å². The monoisotopic (exact) mass is 442 g/mol. The molecular formula is C23H30N4O3S. The Morgan fingerprint density at radius 2 is 1.68 bits per heavy atom. The number of anilines is 1. The molecule has 8 heteroatoms. The molecule has 0 aliphatic heterocycles. The number of sulfonamides is 1. The molecule has 7 nitrogen and oxygen atoms in total. The van der Waals surface area contributed by atoms with Crippen LogP contribution in [0.3, 0.4) is 0 Å². The van der Waals surface area contributed by atoms with E-state index >= 15 is 0 Å². The van der Waals surface area contributed by atoms with E-state index in [2.05, 4.69) is 34.8 Å². The Labute approximate surface area is 184 Å². The van der Waals surface area contributed by atoms with Crippen molar-refractivity contribution in [2.24, 2.45) is 0 Å². The number of nitrogens with one attached hydrogen (secondary N) is 1. The van der Waals surface area contributed by atoms with Crippen LogP contribution in [0.2, 0.25) is 0 Å². The van der Waals surface area contributed by atoms with Crippen LogP contribution in [-0.4, -0.2) is 61.8 Å². The summed E-state index contributed by atoms with van der Waals surface area (Å²) < 4.78 is 27.7. The predicted octanol–water partition coefficient (Wildman–Crippen LogP) is 3.49. The normalized spacial score (nSPS) is 12.1. The first-order valence-electron chi connectivity index (χ1n) is 10.4. The van der Waals surface area contributed by atoms with Crippen molar-refractivity contribution in [3.05, 3.63) is 60.3 Å². The molecule has 1 N–H and O–H groups in total. The molecule has 0 radical (unpaired) electrons. The molecule has 0 unspecified atom stereocenters. The molecule has 31 heavy (non-hydrogen) atoms. The first-order valence-corrected chi connectivity index (χ1v) is 11.9. The van der Waals surface area contributed by atoms with Crippen LogP contribution >= 0.6 is 0 Å². The zero-order valence-corrected chi connectivity index (χ0v) is 19.3. The Balaban J connectivity index is 1.71. The molecule has 0 aliphatic carbocycles. The maximum Gasteiger partial charge on any atom is 0.255 e. The third-order valence-electron chi connectivity index (χ3n) is 5.48. The fraction of sp³-hybridized carbons (Fsp3) is 0.348. The van der Waals surface area contributed by atoms with E-state index in [1.54, 1.807) is 0 Å². The van der Waals surface area contributed by atoms with E-state index in [1.165, 1.54) is 38.4 Å². The van der Waals surface area contributed by atoms with Gasteiger partial charge in [-0.3, -0.25) is 4.79 Å². The summed E-state index contributed by atoms with van der Waals surface area (Å²) in [5.74, 6) is -0.283. The summed E-state index contributed by atoms with van der Waals surface area (Å²) in [6.07, 6.45) is 2.07. The third kappa shape index (κ3) is 5.15. The summed E-state index contributed by atoms with van der Waals surface area (Å²) in [6.45, 7) is 8.32. The molecular weight excluding hydrogens is 412 g/mol. The Bertz CT molecular complexity index is 1150. The fourth-order valence-corrected chi connectivity index (χ4v) is 4.36. The number of benzene rings is 2. The van der Waals surface area contributed by atoms with Gasteiger partial charge < -0.3 is 14.8 Å². The molecule has 0 atom stereocenters. The summed E-state index contributed by atoms with van der Waals surface area (Å²) in [7, 11) is -0.567. The minimum absolute atomic E-state index is 0.154. The van der Waals surface area contributed by atoms with Crippen molar-refractivity contribution in [2.75, 3.05) is 39.0 Å². The number of likely N-dealkylation sites (N-methyl/N-ethyl adjacent to an activating group) is 1. The van der Waals surface area contributed by atoms with Gasteiger partial charge in [0.25, 0.3) is 5.91 Å². The second-order valence-corrected chi connectivity index (χ2v) is 9.73. The quantitative estimate of drug-likeness (QED) is 0.551. The van der Waals surface area contributed by atoms with Gasteiger partial charge in [-0.15, -0.1) is 0 Å². The van der Waals surface area contributed by atoms with Crippen LogP contribution in [0.25, 0.3) is 10.9 Å². The lowest BCUT2D eigenvalue weighted by atomic mass is 10.2. The molecule has 3 rings (SSSR count). The van der Waals surface area contributed by atoms with Crippen LogP contribution in [0, 0.1) is 0 Å². The molecule has 1 heterocycles. The van der Waals surface area contributed by atoms with Crippen molar-refractivity contribution in [3.63, 3.8) is 0 Å². The van der Waals surface area contributed by atoms with Gasteiger partial charge >= 0.3 is 0 Å². The van der Waals surface area contributed by atoms with E-state index in [9.17, 15) is 13.2 Å². The van der Waals surface area contributed by atoms with Gasteiger partial charge in [-0.1, -0.05) is 13.8 Å². The number of aromatic nitrogens is 1. The van der Waals surface area contributed by atoms with Gasteiger partial charge in [0.1, 0.15) is 0 Å². The molecule has 0 saturated carbocycles. The molecule has 1 aromatic heterocycles. The topological polar surface area (TPSA) is 74.6 Å². The second-order valence-electron chi connectivity index (χ2n) is 7.58. The summed E-state index contributed by atoms with van der Waals surface area (Å²) >= 11 is 0. The maximum absolute atomic E-state index is 12.6. The Morgan fingerprint density at radius 3 is 2.29 bits per heavy atom. The zero-order chi connectivity index (χ0) is 22.6. The van der Waals surface area contributed by atoms with Crippen molar-refractivity contribution in [3.8, 4) is 0 Å². The Kier molecular flexibility index (Phi) is 7.15. The van der Waals surface area contributed by atoms with Gasteiger partial charge in [0.2, 0.25) is 10.0 Å². The molecule has 0 aliphatic rings. The summed E-state index contributed by atoms with van der Waals surface area (Å²) in [5, 5.41) is 3.95. The number of hydrogen-bond donors (Lipinski definition) is 1. The fourth-order valence-electron chi connectivity index (χ4n) is 3.45. The number of fused-ring (bicyclic) bond motifs is 1. The van der Waals surface area contributed by atoms with Crippen molar-refractivity contribution in [1.29, 1.82) is 0 Å². The number of hydrogen-bond acceptors (Lipinski definition) is 4. The first-order chi connectivity index (χ1) is 14.8. The van der Waals surface area contributed by atoms with E-state index < -0.39 is 10.0 Å². The van der Waals surface area contributed by atoms with Crippen LogP contribution in [0.4, 0.5) is 5.69 Å². The molecule has 0 spiro atoms. The predicted molar refractivity (Wildman–Crippen MR) is 125 cm³/mol. The van der Waals surface area contributed by atoms with E-state index in [4.69, 9.17) is 0 Å². The molecule has 2 aromatic carbocycles. The van der Waals surface area contributed by atoms with Gasteiger partial charge in [-0.2, -0.15) is 0 Å². The lowest BCUT2D eigenvalue weighted by molar-refractivity contribution is 0.102. The Hall–Kier alpha value is -2.68. The van der Waals surface area contributed by atoms with E-state index in [0.717, 1.165) is 41.4 Å². The molecule has 1 amide bonds. The van der Waals surface area contributed by atoms with Crippen LogP contribution < -0.4 is 5.32 Å². The highest BCUT2D eigenvalue weighted by molar-refractivity contribution is 7.89. The highest BCUT2D eigenvalue weighted by atomic mass is 32.2. The number of nitrogens with zero attached hydrogens (tertiary/aromatic N) is 3. The largest absolute Gasteiger partial charge is 0.346 e. The van der Waals surface area contributed by atoms with E-state index in [0.29, 0.717) is 11.3 Å². The number of carbonyl (C=O) groups is 1. The first kappa shape index (κ1) is 23.0. The summed E-state index contributed by atoms with van der Waals surface area (Å²) in [5.41, 5.74) is 2.22. The van der Waals surface area contributed by atoms with Crippen molar-refractivity contribution >= 4 is 32.5 Å². The van der Waals surface area contributed by atoms with E-state index in [-0.39, 0.29) is 10.8 Å². The molecule has 3 aromatic rings. The summed E-state index contributed by atoms with van der Waals surface area (Å²) in [4.78, 5) is 15.2. The lowest BCUT2D eigenvalue weighted by Crippen LogP contribution is -2.26. The van der Waals surface area contributed by atoms with Crippen LogP contribution in [0.15, 0.2) is 59.6 Å². The molecule has 166 valence electrons. The maximum atomic E-state index is 12.6. The second kappa shape index (κ2) is 9.64. The van der Waals surface area contributed by atoms with Gasteiger partial charge in [-0.05, 0) is 61.6 Å². The minimum Gasteiger partial charge on any atom is -0.346 e. The van der Waals surface area contributed by atoms with Crippen LogP contribution in [0.1, 0.15) is 24.2 Å². The molecule has 0 bridgehead atoms. The number of carbonyl (C=O) groups excluding carboxylic acids is 1. The van der Waals surface area contributed by atoms with Crippen molar-refractivity contribution in [2.45, 2.75) is 25.3 Å². The minimum atomic E-state index is -3.52. The van der Waals surface area contributed by atoms with Gasteiger partial charge in [0, 0.05) is 55.5 Å². The number of rotatable bonds is 9. The highest BCUT2D eigenvalue weighted by Crippen LogP contribution is 2.22. The average molecular weight is 443 g/mol. The van der Waals surface area contributed by atoms with Gasteiger partial charge in [0.15, 0.2) is 0 Å². The van der Waals surface area contributed by atoms with E-state index in [1.807, 2.05) is 24.3 Å². The van der Waals surface area contributed by atoms with Crippen molar-refractivity contribution in [1.82, 2.24) is 13.8 Å². The summed E-state index contributed by atoms with van der Waals surface area (Å²) in [6, 6.07) is 13.8. The van der Waals surface area contributed by atoms with Gasteiger partial charge in [0.05, 0.1) is 4.90 Å². The standard InChI is InChI=1S/C23H30N4O3S/c1-5-26(6-2)15-16-27-14-13-19-17-20(9-12-22(19)27)24-23(28)18-7-10-21(11-8-18)31(29,30)25(3)4/h7-14,17H,5-6,15-16H2,1-4H3,(H,24,28). The molecule has 0 fully saturated rings. The van der Waals surface area contributed by atoms with Crippen LogP contribution in [-0.2, 0) is 16.6 Å².